The Bertz CT molecular complexity index is 1490. The monoisotopic (exact) mass is 496 g/mol. The topological polar surface area (TPSA) is 86.9 Å². The van der Waals surface area contributed by atoms with Crippen molar-refractivity contribution < 1.29 is 19.1 Å². The van der Waals surface area contributed by atoms with E-state index in [2.05, 4.69) is 21.3 Å². The van der Waals surface area contributed by atoms with Gasteiger partial charge in [0.15, 0.2) is 11.5 Å². The summed E-state index contributed by atoms with van der Waals surface area (Å²) in [6.07, 6.45) is 0. The van der Waals surface area contributed by atoms with Crippen molar-refractivity contribution in [3.63, 3.8) is 0 Å². The number of piperazine rings is 1. The van der Waals surface area contributed by atoms with Gasteiger partial charge in [-0.2, -0.15) is 0 Å². The average Bonchev–Trinajstić information content (AvgIpc) is 3.53. The number of aryl methyl sites for hydroxylation is 1. The second kappa shape index (κ2) is 9.63. The third-order valence-corrected chi connectivity index (χ3v) is 6.94. The lowest BCUT2D eigenvalue weighted by Crippen LogP contribution is -2.48. The van der Waals surface area contributed by atoms with Gasteiger partial charge in [0.2, 0.25) is 6.79 Å². The molecule has 8 heteroatoms. The van der Waals surface area contributed by atoms with E-state index < -0.39 is 0 Å². The van der Waals surface area contributed by atoms with E-state index in [1.807, 2.05) is 66.4 Å². The smallest absolute Gasteiger partial charge is 0.272 e. The highest BCUT2D eigenvalue weighted by atomic mass is 16.7. The molecule has 2 aliphatic rings. The number of rotatable bonds is 5. The van der Waals surface area contributed by atoms with Gasteiger partial charge in [-0.1, -0.05) is 42.0 Å². The lowest BCUT2D eigenvalue weighted by Gasteiger charge is -2.34. The van der Waals surface area contributed by atoms with Crippen molar-refractivity contribution in [3.05, 3.63) is 89.1 Å². The summed E-state index contributed by atoms with van der Waals surface area (Å²) in [6.45, 7) is 5.71. The summed E-state index contributed by atoms with van der Waals surface area (Å²) in [5.41, 5.74) is 4.45. The molecule has 0 unspecified atom stereocenters. The van der Waals surface area contributed by atoms with Gasteiger partial charge in [-0.05, 0) is 42.8 Å². The highest BCUT2D eigenvalue weighted by molar-refractivity contribution is 6.15. The minimum Gasteiger partial charge on any atom is -0.454 e. The standard InChI is InChI=1S/C29H28N4O4/c1-19-5-4-6-21(15-19)28(34)31-26-22-7-2-3-8-23(22)30-27(26)29(35)33-13-11-32(12-14-33)17-20-9-10-24-25(16-20)37-18-36-24/h2-10,15-16,30H,11-14,17-18H2,1H3,(H,31,34). The molecule has 1 aromatic heterocycles. The predicted octanol–water partition coefficient (Wildman–Crippen LogP) is 4.42. The molecule has 0 aliphatic carbocycles. The molecule has 6 rings (SSSR count). The molecule has 1 fully saturated rings. The van der Waals surface area contributed by atoms with Crippen LogP contribution in [0.2, 0.25) is 0 Å². The molecule has 0 radical (unpaired) electrons. The molecule has 0 bridgehead atoms. The average molecular weight is 497 g/mol. The molecule has 0 atom stereocenters. The van der Waals surface area contributed by atoms with Gasteiger partial charge in [-0.25, -0.2) is 0 Å². The summed E-state index contributed by atoms with van der Waals surface area (Å²) in [5, 5.41) is 3.82. The van der Waals surface area contributed by atoms with Crippen LogP contribution in [-0.2, 0) is 6.54 Å². The number of fused-ring (bicyclic) bond motifs is 2. The number of nitrogens with zero attached hydrogens (tertiary/aromatic N) is 2. The molecule has 2 amide bonds. The predicted molar refractivity (Wildman–Crippen MR) is 141 cm³/mol. The minimum absolute atomic E-state index is 0.113. The number of hydrogen-bond acceptors (Lipinski definition) is 5. The van der Waals surface area contributed by atoms with E-state index in [0.717, 1.165) is 53.2 Å². The molecule has 0 spiro atoms. The maximum absolute atomic E-state index is 13.6. The summed E-state index contributed by atoms with van der Waals surface area (Å²) in [7, 11) is 0. The van der Waals surface area contributed by atoms with E-state index in [-0.39, 0.29) is 18.6 Å². The van der Waals surface area contributed by atoms with Gasteiger partial charge < -0.3 is 24.7 Å². The first-order valence-corrected chi connectivity index (χ1v) is 12.4. The van der Waals surface area contributed by atoms with Crippen LogP contribution in [0.4, 0.5) is 5.69 Å². The van der Waals surface area contributed by atoms with Crippen LogP contribution in [0.3, 0.4) is 0 Å². The Balaban J connectivity index is 1.17. The SMILES string of the molecule is Cc1cccc(C(=O)Nc2c(C(=O)N3CCN(Cc4ccc5c(c4)OCO5)CC3)[nH]c3ccccc23)c1. The molecule has 2 aliphatic heterocycles. The molecule has 37 heavy (non-hydrogen) atoms. The number of carbonyl (C=O) groups is 2. The second-order valence-corrected chi connectivity index (χ2v) is 9.50. The van der Waals surface area contributed by atoms with Crippen molar-refractivity contribution in [1.82, 2.24) is 14.8 Å². The Morgan fingerprint density at radius 2 is 1.73 bits per heavy atom. The summed E-state index contributed by atoms with van der Waals surface area (Å²) in [5.74, 6) is 1.21. The van der Waals surface area contributed by atoms with Gasteiger partial charge in [0.05, 0.1) is 5.69 Å². The van der Waals surface area contributed by atoms with Crippen LogP contribution >= 0.6 is 0 Å². The number of carbonyl (C=O) groups excluding carboxylic acids is 2. The zero-order chi connectivity index (χ0) is 25.4. The van der Waals surface area contributed by atoms with E-state index >= 15 is 0 Å². The number of nitrogens with one attached hydrogen (secondary N) is 2. The molecular weight excluding hydrogens is 468 g/mol. The minimum atomic E-state index is -0.240. The Kier molecular flexibility index (Phi) is 6.02. The number of anilines is 1. The molecule has 1 saturated heterocycles. The summed E-state index contributed by atoms with van der Waals surface area (Å²) >= 11 is 0. The van der Waals surface area contributed by atoms with Crippen LogP contribution < -0.4 is 14.8 Å². The molecule has 0 saturated carbocycles. The zero-order valence-electron chi connectivity index (χ0n) is 20.6. The highest BCUT2D eigenvalue weighted by Crippen LogP contribution is 2.33. The van der Waals surface area contributed by atoms with Crippen molar-refractivity contribution in [3.8, 4) is 11.5 Å². The van der Waals surface area contributed by atoms with Crippen molar-refractivity contribution in [1.29, 1.82) is 0 Å². The van der Waals surface area contributed by atoms with E-state index in [9.17, 15) is 9.59 Å². The zero-order valence-corrected chi connectivity index (χ0v) is 20.6. The Hall–Kier alpha value is -4.30. The maximum Gasteiger partial charge on any atom is 0.272 e. The molecular formula is C29H28N4O4. The lowest BCUT2D eigenvalue weighted by molar-refractivity contribution is 0.0624. The van der Waals surface area contributed by atoms with Gasteiger partial charge in [0.1, 0.15) is 5.69 Å². The number of hydrogen-bond donors (Lipinski definition) is 2. The fraction of sp³-hybridized carbons (Fsp3) is 0.241. The van der Waals surface area contributed by atoms with Crippen LogP contribution in [0, 0.1) is 6.92 Å². The molecule has 2 N–H and O–H groups in total. The van der Waals surface area contributed by atoms with E-state index in [1.54, 1.807) is 6.07 Å². The van der Waals surface area contributed by atoms with Gasteiger partial charge in [0, 0.05) is 49.2 Å². The summed E-state index contributed by atoms with van der Waals surface area (Å²) in [6, 6.07) is 21.1. The Labute approximate surface area is 214 Å². The first-order valence-electron chi connectivity index (χ1n) is 12.4. The van der Waals surface area contributed by atoms with E-state index in [0.29, 0.717) is 30.0 Å². The van der Waals surface area contributed by atoms with Crippen molar-refractivity contribution >= 4 is 28.4 Å². The Morgan fingerprint density at radius 3 is 2.57 bits per heavy atom. The van der Waals surface area contributed by atoms with Crippen LogP contribution in [0.1, 0.15) is 32.0 Å². The first-order chi connectivity index (χ1) is 18.0. The third kappa shape index (κ3) is 4.63. The molecule has 3 aromatic carbocycles. The number of H-pyrrole nitrogens is 1. The van der Waals surface area contributed by atoms with E-state index in [4.69, 9.17) is 9.47 Å². The number of benzene rings is 3. The normalized spacial score (nSPS) is 15.2. The summed E-state index contributed by atoms with van der Waals surface area (Å²) in [4.78, 5) is 34.2. The number of ether oxygens (including phenoxy) is 2. The summed E-state index contributed by atoms with van der Waals surface area (Å²) < 4.78 is 10.9. The van der Waals surface area contributed by atoms with Gasteiger partial charge in [0.25, 0.3) is 11.8 Å². The fourth-order valence-corrected chi connectivity index (χ4v) is 4.97. The number of aromatic amines is 1. The molecule has 3 heterocycles. The Morgan fingerprint density at radius 1 is 0.919 bits per heavy atom. The van der Waals surface area contributed by atoms with Crippen molar-refractivity contribution in [2.24, 2.45) is 0 Å². The van der Waals surface area contributed by atoms with Gasteiger partial charge in [-0.3, -0.25) is 14.5 Å². The highest BCUT2D eigenvalue weighted by Gasteiger charge is 2.27. The second-order valence-electron chi connectivity index (χ2n) is 9.50. The van der Waals surface area contributed by atoms with Crippen molar-refractivity contribution in [2.45, 2.75) is 13.5 Å². The number of amides is 2. The first kappa shape index (κ1) is 23.1. The third-order valence-electron chi connectivity index (χ3n) is 6.94. The molecule has 8 nitrogen and oxygen atoms in total. The number of para-hydroxylation sites is 1. The van der Waals surface area contributed by atoms with Crippen LogP contribution in [0.5, 0.6) is 11.5 Å². The molecule has 4 aromatic rings. The fourth-order valence-electron chi connectivity index (χ4n) is 4.97. The van der Waals surface area contributed by atoms with Crippen LogP contribution in [0.15, 0.2) is 66.7 Å². The van der Waals surface area contributed by atoms with Crippen LogP contribution in [-0.4, -0.2) is 59.6 Å². The largest absolute Gasteiger partial charge is 0.454 e. The van der Waals surface area contributed by atoms with Crippen molar-refractivity contribution in [2.75, 3.05) is 38.3 Å². The van der Waals surface area contributed by atoms with Gasteiger partial charge in [-0.15, -0.1) is 0 Å². The maximum atomic E-state index is 13.6. The lowest BCUT2D eigenvalue weighted by atomic mass is 10.1. The van der Waals surface area contributed by atoms with Gasteiger partial charge >= 0.3 is 0 Å². The van der Waals surface area contributed by atoms with E-state index in [1.165, 1.54) is 0 Å². The molecule has 188 valence electrons. The van der Waals surface area contributed by atoms with Crippen LogP contribution in [0.25, 0.3) is 10.9 Å². The number of aromatic nitrogens is 1. The quantitative estimate of drug-likeness (QED) is 0.427.